The average Bonchev–Trinajstić information content (AvgIpc) is 3.25. The molecule has 0 spiro atoms. The van der Waals surface area contributed by atoms with Crippen molar-refractivity contribution in [2.24, 2.45) is 0 Å². The molecule has 3 aromatic rings. The van der Waals surface area contributed by atoms with Gasteiger partial charge in [-0.05, 0) is 18.9 Å². The van der Waals surface area contributed by atoms with E-state index >= 15 is 0 Å². The summed E-state index contributed by atoms with van der Waals surface area (Å²) in [5.74, 6) is 0.976. The second-order valence-corrected chi connectivity index (χ2v) is 7.87. The predicted octanol–water partition coefficient (Wildman–Crippen LogP) is 3.14. The van der Waals surface area contributed by atoms with E-state index in [9.17, 15) is 4.79 Å². The zero-order chi connectivity index (χ0) is 19.1. The summed E-state index contributed by atoms with van der Waals surface area (Å²) in [5, 5.41) is 21.1. The Kier molecular flexibility index (Phi) is 6.72. The zero-order valence-electron chi connectivity index (χ0n) is 15.0. The Morgan fingerprint density at radius 2 is 2.04 bits per heavy atom. The van der Waals surface area contributed by atoms with Crippen molar-refractivity contribution in [1.82, 2.24) is 25.0 Å². The lowest BCUT2D eigenvalue weighted by atomic mass is 10.1. The monoisotopic (exact) mass is 400 g/mol. The van der Waals surface area contributed by atoms with Crippen molar-refractivity contribution in [2.75, 3.05) is 11.1 Å². The Bertz CT molecular complexity index is 906. The lowest BCUT2D eigenvalue weighted by Gasteiger charge is -2.07. The maximum absolute atomic E-state index is 12.1. The van der Waals surface area contributed by atoms with Gasteiger partial charge in [0.2, 0.25) is 11.0 Å². The molecule has 2 heterocycles. The molecular weight excluding hydrogens is 380 g/mol. The molecule has 1 aromatic carbocycles. The number of hydrogen-bond acceptors (Lipinski definition) is 7. The summed E-state index contributed by atoms with van der Waals surface area (Å²) in [5.41, 5.74) is 1.26. The van der Waals surface area contributed by atoms with E-state index in [4.69, 9.17) is 0 Å². The summed E-state index contributed by atoms with van der Waals surface area (Å²) in [6.45, 7) is 6.26. The van der Waals surface area contributed by atoms with Crippen LogP contribution in [-0.4, -0.2) is 36.6 Å². The molecule has 0 atom stereocenters. The molecule has 7 nitrogen and oxygen atoms in total. The number of amides is 1. The van der Waals surface area contributed by atoms with Crippen molar-refractivity contribution in [3.8, 4) is 0 Å². The Morgan fingerprint density at radius 1 is 1.22 bits per heavy atom. The number of thioether (sulfide) groups is 1. The Morgan fingerprint density at radius 3 is 2.74 bits per heavy atom. The first-order valence-electron chi connectivity index (χ1n) is 8.45. The summed E-state index contributed by atoms with van der Waals surface area (Å²) in [7, 11) is 0. The smallest absolute Gasteiger partial charge is 0.236 e. The van der Waals surface area contributed by atoms with E-state index in [1.165, 1.54) is 28.7 Å². The third-order valence-electron chi connectivity index (χ3n) is 3.69. The van der Waals surface area contributed by atoms with Crippen molar-refractivity contribution >= 4 is 34.1 Å². The molecule has 1 N–H and O–H groups in total. The number of rotatable bonds is 9. The molecule has 0 unspecified atom stereocenters. The van der Waals surface area contributed by atoms with Crippen LogP contribution in [0.25, 0.3) is 0 Å². The number of allylic oxidation sites excluding steroid dienone is 1. The van der Waals surface area contributed by atoms with Gasteiger partial charge >= 0.3 is 0 Å². The summed E-state index contributed by atoms with van der Waals surface area (Å²) < 4.78 is 2.00. The molecule has 0 saturated heterocycles. The van der Waals surface area contributed by atoms with Crippen LogP contribution < -0.4 is 5.32 Å². The van der Waals surface area contributed by atoms with Crippen LogP contribution in [0, 0.1) is 6.92 Å². The van der Waals surface area contributed by atoms with Gasteiger partial charge in [0.1, 0.15) is 10.8 Å². The van der Waals surface area contributed by atoms with Gasteiger partial charge in [-0.3, -0.25) is 10.1 Å². The van der Waals surface area contributed by atoms with Gasteiger partial charge in [0, 0.05) is 13.0 Å². The van der Waals surface area contributed by atoms with Crippen LogP contribution in [0.4, 0.5) is 5.13 Å². The molecule has 2 aromatic heterocycles. The van der Waals surface area contributed by atoms with E-state index in [-0.39, 0.29) is 11.7 Å². The normalized spacial score (nSPS) is 10.7. The SMILES string of the molecule is C=CCn1c(CCc2ccccc2)nnc1SCC(=O)Nc1nnc(C)s1. The van der Waals surface area contributed by atoms with E-state index in [1.807, 2.05) is 35.8 Å². The fourth-order valence-corrected chi connectivity index (χ4v) is 3.83. The topological polar surface area (TPSA) is 85.6 Å². The van der Waals surface area contributed by atoms with Gasteiger partial charge in [0.15, 0.2) is 5.16 Å². The number of benzene rings is 1. The van der Waals surface area contributed by atoms with Crippen LogP contribution in [0.5, 0.6) is 0 Å². The Hall–Kier alpha value is -2.52. The highest BCUT2D eigenvalue weighted by Crippen LogP contribution is 2.20. The number of nitrogens with one attached hydrogen (secondary N) is 1. The molecule has 0 bridgehead atoms. The summed E-state index contributed by atoms with van der Waals surface area (Å²) >= 11 is 2.70. The van der Waals surface area contributed by atoms with Crippen LogP contribution in [0.3, 0.4) is 0 Å². The van der Waals surface area contributed by atoms with Crippen molar-refractivity contribution in [3.63, 3.8) is 0 Å². The molecular formula is C18H20N6OS2. The first-order chi connectivity index (χ1) is 13.2. The van der Waals surface area contributed by atoms with Gasteiger partial charge in [0.25, 0.3) is 0 Å². The lowest BCUT2D eigenvalue weighted by Crippen LogP contribution is -2.14. The largest absolute Gasteiger partial charge is 0.302 e. The highest BCUT2D eigenvalue weighted by Gasteiger charge is 2.14. The highest BCUT2D eigenvalue weighted by atomic mass is 32.2. The van der Waals surface area contributed by atoms with Crippen LogP contribution in [0.2, 0.25) is 0 Å². The van der Waals surface area contributed by atoms with E-state index in [0.717, 1.165) is 23.7 Å². The molecule has 1 amide bonds. The third kappa shape index (κ3) is 5.48. The summed E-state index contributed by atoms with van der Waals surface area (Å²) in [6.07, 6.45) is 3.48. The van der Waals surface area contributed by atoms with Crippen LogP contribution in [0.1, 0.15) is 16.4 Å². The first kappa shape index (κ1) is 19.2. The first-order valence-corrected chi connectivity index (χ1v) is 10.3. The molecule has 0 aliphatic heterocycles. The van der Waals surface area contributed by atoms with Gasteiger partial charge in [-0.15, -0.1) is 27.0 Å². The lowest BCUT2D eigenvalue weighted by molar-refractivity contribution is -0.113. The van der Waals surface area contributed by atoms with Crippen LogP contribution in [-0.2, 0) is 24.2 Å². The van der Waals surface area contributed by atoms with Gasteiger partial charge < -0.3 is 4.57 Å². The van der Waals surface area contributed by atoms with Crippen LogP contribution >= 0.6 is 23.1 Å². The maximum Gasteiger partial charge on any atom is 0.236 e. The predicted molar refractivity (Wildman–Crippen MR) is 108 cm³/mol. The van der Waals surface area contributed by atoms with Gasteiger partial charge in [0.05, 0.1) is 5.75 Å². The molecule has 3 rings (SSSR count). The number of aromatic nitrogens is 5. The standard InChI is InChI=1S/C18H20N6OS2/c1-3-11-24-15(10-9-14-7-5-4-6-8-14)21-23-18(24)26-12-16(25)19-17-22-20-13(2)27-17/h3-8H,1,9-12H2,2H3,(H,19,22,25). The van der Waals surface area contributed by atoms with Gasteiger partial charge in [-0.2, -0.15) is 0 Å². The quantitative estimate of drug-likeness (QED) is 0.439. The number of carbonyl (C=O) groups is 1. The Labute approximate surface area is 165 Å². The minimum absolute atomic E-state index is 0.143. The van der Waals surface area contributed by atoms with Crippen molar-refractivity contribution < 1.29 is 4.79 Å². The van der Waals surface area contributed by atoms with Crippen molar-refractivity contribution in [1.29, 1.82) is 0 Å². The number of hydrogen-bond donors (Lipinski definition) is 1. The summed E-state index contributed by atoms with van der Waals surface area (Å²) in [6, 6.07) is 10.3. The fraction of sp³-hybridized carbons (Fsp3) is 0.278. The second-order valence-electron chi connectivity index (χ2n) is 5.75. The van der Waals surface area contributed by atoms with Crippen molar-refractivity contribution in [2.45, 2.75) is 31.5 Å². The number of carbonyl (C=O) groups excluding carboxylic acids is 1. The molecule has 0 aliphatic carbocycles. The Balaban J connectivity index is 1.60. The third-order valence-corrected chi connectivity index (χ3v) is 5.41. The van der Waals surface area contributed by atoms with Gasteiger partial charge in [-0.1, -0.05) is 59.5 Å². The van der Waals surface area contributed by atoms with E-state index in [2.05, 4.69) is 44.4 Å². The summed E-state index contributed by atoms with van der Waals surface area (Å²) in [4.78, 5) is 12.1. The molecule has 9 heteroatoms. The molecule has 0 radical (unpaired) electrons. The van der Waals surface area contributed by atoms with Crippen LogP contribution in [0.15, 0.2) is 48.1 Å². The fourth-order valence-electron chi connectivity index (χ4n) is 2.46. The van der Waals surface area contributed by atoms with E-state index < -0.39 is 0 Å². The highest BCUT2D eigenvalue weighted by molar-refractivity contribution is 7.99. The minimum Gasteiger partial charge on any atom is -0.302 e. The molecule has 140 valence electrons. The molecule has 0 aliphatic rings. The van der Waals surface area contributed by atoms with Gasteiger partial charge in [-0.25, -0.2) is 0 Å². The number of nitrogens with zero attached hydrogens (tertiary/aromatic N) is 5. The number of aryl methyl sites for hydroxylation is 3. The average molecular weight is 401 g/mol. The maximum atomic E-state index is 12.1. The van der Waals surface area contributed by atoms with E-state index in [1.54, 1.807) is 0 Å². The molecule has 0 fully saturated rings. The number of anilines is 1. The molecule has 0 saturated carbocycles. The van der Waals surface area contributed by atoms with Crippen molar-refractivity contribution in [3.05, 3.63) is 59.4 Å². The molecule has 27 heavy (non-hydrogen) atoms. The minimum atomic E-state index is -0.143. The van der Waals surface area contributed by atoms with E-state index in [0.29, 0.717) is 16.8 Å². The zero-order valence-corrected chi connectivity index (χ0v) is 16.6. The second kappa shape index (κ2) is 9.43.